The molecule has 10 heteroatoms. The molecule has 0 aliphatic heterocycles. The van der Waals surface area contributed by atoms with Crippen LogP contribution in [0, 0.1) is 0 Å². The fourth-order valence-electron chi connectivity index (χ4n) is 3.92. The Morgan fingerprint density at radius 3 is 1.45 bits per heavy atom. The lowest BCUT2D eigenvalue weighted by Crippen LogP contribution is -2.04. The van der Waals surface area contributed by atoms with Crippen molar-refractivity contribution in [3.8, 4) is 28.0 Å². The zero-order valence-corrected chi connectivity index (χ0v) is 22.5. The Morgan fingerprint density at radius 1 is 0.700 bits per heavy atom. The highest BCUT2D eigenvalue weighted by atomic mass is 35.5. The molecule has 0 amide bonds. The summed E-state index contributed by atoms with van der Waals surface area (Å²) < 4.78 is 42.7. The van der Waals surface area contributed by atoms with Crippen molar-refractivity contribution in [2.24, 2.45) is 0 Å². The molecule has 0 fully saturated rings. The van der Waals surface area contributed by atoms with Gasteiger partial charge in [0.1, 0.15) is 5.75 Å². The standard InChI is InChI=1S/C15H10ClF3O2.C15H13ClO3/c16-12-5-6-13(10(7-12)8-14(20)21)9-1-3-11(4-2-9)15(17,18)19;1-19-13-5-2-10(3-6-13)14-7-4-12(16)8-11(14)9-15(17)18/h1-7H,8H2,(H,20,21);2-8H,9H2,1H3,(H,17,18). The van der Waals surface area contributed by atoms with Crippen molar-refractivity contribution in [1.29, 1.82) is 0 Å². The Kier molecular flexibility index (Phi) is 10.2. The van der Waals surface area contributed by atoms with E-state index in [0.29, 0.717) is 32.3 Å². The van der Waals surface area contributed by atoms with Gasteiger partial charge in [0.05, 0.1) is 25.5 Å². The topological polar surface area (TPSA) is 83.8 Å². The lowest BCUT2D eigenvalue weighted by Gasteiger charge is -2.11. The van der Waals surface area contributed by atoms with E-state index < -0.39 is 23.7 Å². The number of methoxy groups -OCH3 is 1. The number of ether oxygens (including phenoxy) is 1. The van der Waals surface area contributed by atoms with E-state index in [2.05, 4.69) is 0 Å². The van der Waals surface area contributed by atoms with E-state index in [9.17, 15) is 22.8 Å². The molecule has 0 spiro atoms. The maximum atomic E-state index is 12.5. The van der Waals surface area contributed by atoms with Crippen LogP contribution in [-0.4, -0.2) is 29.3 Å². The number of carboxylic acids is 2. The molecule has 4 aromatic carbocycles. The van der Waals surface area contributed by atoms with Gasteiger partial charge in [0, 0.05) is 10.0 Å². The summed E-state index contributed by atoms with van der Waals surface area (Å²) in [6.07, 6.45) is -4.71. The van der Waals surface area contributed by atoms with E-state index in [1.54, 1.807) is 31.4 Å². The van der Waals surface area contributed by atoms with Gasteiger partial charge < -0.3 is 14.9 Å². The first-order valence-corrected chi connectivity index (χ1v) is 12.5. The van der Waals surface area contributed by atoms with Crippen molar-refractivity contribution in [1.82, 2.24) is 0 Å². The van der Waals surface area contributed by atoms with Crippen LogP contribution in [0.2, 0.25) is 10.0 Å². The summed E-state index contributed by atoms with van der Waals surface area (Å²) >= 11 is 11.8. The van der Waals surface area contributed by atoms with Gasteiger partial charge >= 0.3 is 18.1 Å². The molecule has 5 nitrogen and oxygen atoms in total. The molecular weight excluding hydrogens is 568 g/mol. The highest BCUT2D eigenvalue weighted by Crippen LogP contribution is 2.33. The number of alkyl halides is 3. The van der Waals surface area contributed by atoms with Crippen molar-refractivity contribution < 1.29 is 37.7 Å². The van der Waals surface area contributed by atoms with E-state index in [0.717, 1.165) is 29.0 Å². The largest absolute Gasteiger partial charge is 0.497 e. The molecule has 0 heterocycles. The van der Waals surface area contributed by atoms with Crippen LogP contribution in [0.1, 0.15) is 16.7 Å². The van der Waals surface area contributed by atoms with Gasteiger partial charge in [-0.2, -0.15) is 13.2 Å². The molecule has 4 rings (SSSR count). The predicted molar refractivity (Wildman–Crippen MR) is 148 cm³/mol. The molecule has 0 radical (unpaired) electrons. The summed E-state index contributed by atoms with van der Waals surface area (Å²) in [6, 6.07) is 22.0. The second-order valence-corrected chi connectivity index (χ2v) is 9.42. The quantitative estimate of drug-likeness (QED) is 0.226. The Balaban J connectivity index is 0.000000222. The van der Waals surface area contributed by atoms with Gasteiger partial charge in [-0.05, 0) is 81.9 Å². The van der Waals surface area contributed by atoms with E-state index in [1.165, 1.54) is 18.2 Å². The third kappa shape index (κ3) is 8.49. The molecule has 0 saturated carbocycles. The molecule has 0 aliphatic carbocycles. The van der Waals surface area contributed by atoms with Crippen molar-refractivity contribution >= 4 is 35.1 Å². The number of carboxylic acid groups (broad SMARTS) is 2. The Morgan fingerprint density at radius 2 is 1.10 bits per heavy atom. The highest BCUT2D eigenvalue weighted by molar-refractivity contribution is 6.31. The second-order valence-electron chi connectivity index (χ2n) is 8.55. The zero-order valence-electron chi connectivity index (χ0n) is 21.0. The number of aliphatic carboxylic acids is 2. The van der Waals surface area contributed by atoms with Crippen molar-refractivity contribution in [2.75, 3.05) is 7.11 Å². The first kappa shape index (κ1) is 30.5. The average molecular weight is 591 g/mol. The molecule has 0 aliphatic rings. The van der Waals surface area contributed by atoms with Crippen LogP contribution in [0.15, 0.2) is 84.9 Å². The Labute approximate surface area is 238 Å². The molecule has 0 saturated heterocycles. The second kappa shape index (κ2) is 13.4. The van der Waals surface area contributed by atoms with Gasteiger partial charge in [-0.25, -0.2) is 0 Å². The number of carbonyl (C=O) groups is 2. The van der Waals surface area contributed by atoms with Crippen LogP contribution in [-0.2, 0) is 28.6 Å². The molecule has 208 valence electrons. The van der Waals surface area contributed by atoms with Crippen molar-refractivity contribution in [3.63, 3.8) is 0 Å². The van der Waals surface area contributed by atoms with Gasteiger partial charge in [0.2, 0.25) is 0 Å². The number of hydrogen-bond donors (Lipinski definition) is 2. The van der Waals surface area contributed by atoms with Crippen LogP contribution in [0.5, 0.6) is 5.75 Å². The smallest absolute Gasteiger partial charge is 0.416 e. The SMILES string of the molecule is COc1ccc(-c2ccc(Cl)cc2CC(=O)O)cc1.O=C(O)Cc1cc(Cl)ccc1-c1ccc(C(F)(F)F)cc1. The first-order chi connectivity index (χ1) is 18.9. The summed E-state index contributed by atoms with van der Waals surface area (Å²) in [7, 11) is 1.60. The lowest BCUT2D eigenvalue weighted by molar-refractivity contribution is -0.138. The average Bonchev–Trinajstić information content (AvgIpc) is 2.88. The van der Waals surface area contributed by atoms with E-state index in [-0.39, 0.29) is 12.8 Å². The van der Waals surface area contributed by atoms with Crippen LogP contribution < -0.4 is 4.74 Å². The number of hydrogen-bond acceptors (Lipinski definition) is 3. The molecule has 2 N–H and O–H groups in total. The predicted octanol–water partition coefficient (Wildman–Crippen LogP) is 8.30. The normalized spacial score (nSPS) is 10.8. The highest BCUT2D eigenvalue weighted by Gasteiger charge is 2.30. The van der Waals surface area contributed by atoms with E-state index in [4.69, 9.17) is 38.2 Å². The monoisotopic (exact) mass is 590 g/mol. The molecular formula is C30H23Cl2F3O5. The maximum absolute atomic E-state index is 12.5. The minimum atomic E-state index is -4.40. The van der Waals surface area contributed by atoms with E-state index in [1.807, 2.05) is 30.3 Å². The van der Waals surface area contributed by atoms with Gasteiger partial charge in [-0.15, -0.1) is 0 Å². The summed E-state index contributed by atoms with van der Waals surface area (Å²) in [6.45, 7) is 0. The molecule has 40 heavy (non-hydrogen) atoms. The summed E-state index contributed by atoms with van der Waals surface area (Å²) in [5, 5.41) is 18.7. The first-order valence-electron chi connectivity index (χ1n) is 11.7. The third-order valence-electron chi connectivity index (χ3n) is 5.74. The van der Waals surface area contributed by atoms with Crippen LogP contribution in [0.25, 0.3) is 22.3 Å². The summed E-state index contributed by atoms with van der Waals surface area (Å²) in [5.41, 5.74) is 3.27. The third-order valence-corrected chi connectivity index (χ3v) is 6.21. The van der Waals surface area contributed by atoms with Gasteiger partial charge in [0.15, 0.2) is 0 Å². The number of halogens is 5. The van der Waals surface area contributed by atoms with Crippen LogP contribution in [0.4, 0.5) is 13.2 Å². The molecule has 0 atom stereocenters. The molecule has 0 aromatic heterocycles. The lowest BCUT2D eigenvalue weighted by atomic mass is 9.97. The fraction of sp³-hybridized carbons (Fsp3) is 0.133. The van der Waals surface area contributed by atoms with E-state index >= 15 is 0 Å². The molecule has 0 bridgehead atoms. The summed E-state index contributed by atoms with van der Waals surface area (Å²) in [5.74, 6) is -1.15. The van der Waals surface area contributed by atoms with Gasteiger partial charge in [-0.1, -0.05) is 59.6 Å². The zero-order chi connectivity index (χ0) is 29.4. The number of rotatable bonds is 7. The van der Waals surface area contributed by atoms with Crippen molar-refractivity contribution in [3.05, 3.63) is 112 Å². The fourth-order valence-corrected chi connectivity index (χ4v) is 4.30. The van der Waals surface area contributed by atoms with Crippen molar-refractivity contribution in [2.45, 2.75) is 19.0 Å². The molecule has 0 unspecified atom stereocenters. The van der Waals surface area contributed by atoms with Gasteiger partial charge in [-0.3, -0.25) is 9.59 Å². The van der Waals surface area contributed by atoms with Crippen LogP contribution >= 0.6 is 23.2 Å². The maximum Gasteiger partial charge on any atom is 0.416 e. The molecule has 4 aromatic rings. The van der Waals surface area contributed by atoms with Gasteiger partial charge in [0.25, 0.3) is 0 Å². The van der Waals surface area contributed by atoms with Crippen LogP contribution in [0.3, 0.4) is 0 Å². The minimum absolute atomic E-state index is 0.0536. The minimum Gasteiger partial charge on any atom is -0.497 e. The number of benzene rings is 4. The Hall–Kier alpha value is -4.01. The Bertz CT molecular complexity index is 1490. The summed E-state index contributed by atoms with van der Waals surface area (Å²) in [4.78, 5) is 21.8.